The fourth-order valence-corrected chi connectivity index (χ4v) is 3.11. The smallest absolute Gasteiger partial charge is 0.480 e. The zero-order valence-corrected chi connectivity index (χ0v) is 24.6. The first kappa shape index (κ1) is 43.8. The van der Waals surface area contributed by atoms with Crippen molar-refractivity contribution in [2.24, 2.45) is 0 Å². The van der Waals surface area contributed by atoms with Gasteiger partial charge >= 0.3 is 69.8 Å². The van der Waals surface area contributed by atoms with Gasteiger partial charge in [-0.2, -0.15) is 0 Å². The molecule has 0 unspecified atom stereocenters. The van der Waals surface area contributed by atoms with Crippen molar-refractivity contribution in [3.8, 4) is 0 Å². The van der Waals surface area contributed by atoms with E-state index in [2.05, 4.69) is 5.32 Å². The van der Waals surface area contributed by atoms with Crippen molar-refractivity contribution in [2.75, 3.05) is 79.1 Å². The molecule has 0 saturated heterocycles. The van der Waals surface area contributed by atoms with Gasteiger partial charge in [-0.05, 0) is 7.05 Å². The van der Waals surface area contributed by atoms with E-state index in [0.717, 1.165) is 9.80 Å². The molecule has 0 rings (SSSR count). The number of likely N-dealkylation sites (N-methyl/N-ethyl adjacent to an activating group) is 1. The average molecular weight is 746 g/mol. The predicted molar refractivity (Wildman–Crippen MR) is 133 cm³/mol. The maximum Gasteiger partial charge on any atom is 3.00 e. The van der Waals surface area contributed by atoms with Crippen LogP contribution in [-0.2, 0) is 24.0 Å². The first-order valence-corrected chi connectivity index (χ1v) is 11.8. The first-order valence-electron chi connectivity index (χ1n) is 11.8. The Balaban J connectivity index is -0.000000869. The molecule has 239 valence electrons. The molecule has 0 bridgehead atoms. The SMILES string of the molecule is CNC[C@@H](O)[C@H](O)[C@@H](O)[C@@H](O)CO.O=C(O)CN(CCN(CC(=O)O)CC(=O)O)CCN(CC(=O)O)CC(=O)O.[Gd+3]. The van der Waals surface area contributed by atoms with Gasteiger partial charge < -0.3 is 56.4 Å². The van der Waals surface area contributed by atoms with E-state index in [4.69, 9.17) is 46.0 Å². The number of carbonyl (C=O) groups is 5. The van der Waals surface area contributed by atoms with Crippen LogP contribution >= 0.6 is 0 Å². The van der Waals surface area contributed by atoms with Crippen molar-refractivity contribution in [3.05, 3.63) is 0 Å². The zero-order valence-electron chi connectivity index (χ0n) is 22.3. The summed E-state index contributed by atoms with van der Waals surface area (Å²) in [5.74, 6) is -6.16. The van der Waals surface area contributed by atoms with Gasteiger partial charge in [-0.3, -0.25) is 38.7 Å². The summed E-state index contributed by atoms with van der Waals surface area (Å²) in [4.78, 5) is 57.6. The molecule has 0 aromatic carbocycles. The number of aliphatic hydroxyl groups excluding tert-OH is 5. The van der Waals surface area contributed by atoms with Gasteiger partial charge in [-0.25, -0.2) is 0 Å². The molecule has 0 aromatic rings. The Bertz CT molecular complexity index is 722. The van der Waals surface area contributed by atoms with Gasteiger partial charge in [0.05, 0.1) is 45.4 Å². The standard InChI is InChI=1S/C14H23N3O10.C7H17NO5.Gd/c18-10(19)5-15(1-3-16(6-11(20)21)7-12(22)23)2-4-17(8-13(24)25)9-14(26)27;1-8-2-4(10)6(12)7(13)5(11)3-9;/h1-9H2,(H,18,19)(H,20,21)(H,22,23)(H,24,25)(H,26,27);4-13H,2-3H2,1H3;/q;;+3/t;4-,5+,6+,7+;/m.1./s1. The molecule has 41 heavy (non-hydrogen) atoms. The minimum absolute atomic E-state index is 0. The van der Waals surface area contributed by atoms with Crippen LogP contribution in [0.2, 0.25) is 0 Å². The second-order valence-corrected chi connectivity index (χ2v) is 8.52. The van der Waals surface area contributed by atoms with Gasteiger partial charge in [0, 0.05) is 32.7 Å². The summed E-state index contributed by atoms with van der Waals surface area (Å²) in [6.07, 6.45) is -5.65. The maximum atomic E-state index is 11.0. The van der Waals surface area contributed by atoms with Crippen LogP contribution in [0.4, 0.5) is 0 Å². The van der Waals surface area contributed by atoms with Gasteiger partial charge in [-0.15, -0.1) is 0 Å². The van der Waals surface area contributed by atoms with Crippen LogP contribution in [0.1, 0.15) is 0 Å². The molecule has 19 nitrogen and oxygen atoms in total. The summed E-state index contributed by atoms with van der Waals surface area (Å²) < 4.78 is 0. The molecule has 0 aliphatic rings. The number of nitrogens with one attached hydrogen (secondary N) is 1. The summed E-state index contributed by atoms with van der Waals surface area (Å²) in [6, 6.07) is 0. The van der Waals surface area contributed by atoms with Crippen LogP contribution in [0.15, 0.2) is 0 Å². The van der Waals surface area contributed by atoms with Crippen LogP contribution in [0.25, 0.3) is 0 Å². The zero-order chi connectivity index (χ0) is 31.4. The van der Waals surface area contributed by atoms with Gasteiger partial charge in [0.15, 0.2) is 0 Å². The van der Waals surface area contributed by atoms with E-state index in [-0.39, 0.29) is 72.7 Å². The van der Waals surface area contributed by atoms with Crippen LogP contribution in [-0.4, -0.2) is 199 Å². The van der Waals surface area contributed by atoms with Crippen LogP contribution in [0, 0.1) is 39.9 Å². The Morgan fingerprint density at radius 1 is 0.561 bits per heavy atom. The van der Waals surface area contributed by atoms with Crippen molar-refractivity contribution in [1.82, 2.24) is 20.0 Å². The molecule has 0 aliphatic heterocycles. The monoisotopic (exact) mass is 746 g/mol. The molecule has 0 spiro atoms. The fourth-order valence-electron chi connectivity index (χ4n) is 3.11. The first-order chi connectivity index (χ1) is 18.5. The number of aliphatic hydroxyl groups is 5. The summed E-state index contributed by atoms with van der Waals surface area (Å²) in [5.41, 5.74) is 0. The second-order valence-electron chi connectivity index (χ2n) is 8.52. The third-order valence-corrected chi connectivity index (χ3v) is 5.00. The Hall–Kier alpha value is -1.69. The molecule has 20 heteroatoms. The van der Waals surface area contributed by atoms with Gasteiger partial charge in [0.2, 0.25) is 0 Å². The molecule has 0 aromatic heterocycles. The number of hydrogen-bond donors (Lipinski definition) is 11. The second kappa shape index (κ2) is 24.9. The number of carboxylic acids is 5. The quantitative estimate of drug-likeness (QED) is 0.0491. The summed E-state index contributed by atoms with van der Waals surface area (Å²) >= 11 is 0. The van der Waals surface area contributed by atoms with Crippen LogP contribution in [0.5, 0.6) is 0 Å². The molecular weight excluding hydrogens is 705 g/mol. The number of aliphatic carboxylic acids is 5. The van der Waals surface area contributed by atoms with E-state index >= 15 is 0 Å². The molecule has 0 saturated carbocycles. The van der Waals surface area contributed by atoms with Gasteiger partial charge in [0.25, 0.3) is 0 Å². The number of rotatable bonds is 22. The van der Waals surface area contributed by atoms with Crippen molar-refractivity contribution in [3.63, 3.8) is 0 Å². The molecule has 11 N–H and O–H groups in total. The molecule has 0 aliphatic carbocycles. The van der Waals surface area contributed by atoms with E-state index in [9.17, 15) is 29.1 Å². The Morgan fingerprint density at radius 2 is 0.829 bits per heavy atom. The summed E-state index contributed by atoms with van der Waals surface area (Å²) in [7, 11) is 1.57. The number of nitrogens with zero attached hydrogens (tertiary/aromatic N) is 3. The van der Waals surface area contributed by atoms with E-state index in [1.54, 1.807) is 7.05 Å². The third-order valence-electron chi connectivity index (χ3n) is 5.00. The predicted octanol–water partition coefficient (Wildman–Crippen LogP) is -6.04. The van der Waals surface area contributed by atoms with Gasteiger partial charge in [0.1, 0.15) is 18.3 Å². The van der Waals surface area contributed by atoms with Crippen LogP contribution in [0.3, 0.4) is 0 Å². The average Bonchev–Trinajstić information content (AvgIpc) is 2.82. The van der Waals surface area contributed by atoms with E-state index < -0.39 is 93.6 Å². The molecule has 0 fully saturated rings. The van der Waals surface area contributed by atoms with Crippen LogP contribution < -0.4 is 5.32 Å². The van der Waals surface area contributed by atoms with Crippen molar-refractivity contribution in [2.45, 2.75) is 24.4 Å². The number of hydrogen-bond acceptors (Lipinski definition) is 14. The Morgan fingerprint density at radius 3 is 1.10 bits per heavy atom. The molecular formula is C21H40GdN4O15+3. The van der Waals surface area contributed by atoms with Crippen molar-refractivity contribution < 1.29 is 115 Å². The van der Waals surface area contributed by atoms with E-state index in [0.29, 0.717) is 0 Å². The van der Waals surface area contributed by atoms with Crippen molar-refractivity contribution in [1.29, 1.82) is 0 Å². The molecule has 0 heterocycles. The maximum absolute atomic E-state index is 11.0. The molecule has 1 radical (unpaired) electrons. The minimum atomic E-state index is -1.55. The summed E-state index contributed by atoms with van der Waals surface area (Å²) in [6.45, 7) is -3.30. The van der Waals surface area contributed by atoms with Gasteiger partial charge in [-0.1, -0.05) is 0 Å². The minimum Gasteiger partial charge on any atom is -0.480 e. The summed E-state index contributed by atoms with van der Waals surface area (Å²) in [5, 5.41) is 91.6. The normalized spacial score (nSPS) is 13.9. The topological polar surface area (TPSA) is 309 Å². The van der Waals surface area contributed by atoms with Crippen molar-refractivity contribution >= 4 is 29.8 Å². The fraction of sp³-hybridized carbons (Fsp3) is 0.762. The molecule has 4 atom stereocenters. The largest absolute Gasteiger partial charge is 3.00 e. The molecule has 0 amide bonds. The Labute approximate surface area is 267 Å². The van der Waals surface area contributed by atoms with E-state index in [1.165, 1.54) is 4.90 Å². The number of carboxylic acid groups (broad SMARTS) is 5. The van der Waals surface area contributed by atoms with E-state index in [1.807, 2.05) is 0 Å². The third kappa shape index (κ3) is 24.6. The Kier molecular flexibility index (Phi) is 26.5.